The largest absolute Gasteiger partial charge is 0.486 e. The van der Waals surface area contributed by atoms with E-state index in [9.17, 15) is 0 Å². The Morgan fingerprint density at radius 3 is 1.78 bits per heavy atom. The summed E-state index contributed by atoms with van der Waals surface area (Å²) in [5, 5.41) is 0.575. The van der Waals surface area contributed by atoms with Gasteiger partial charge in [0.25, 0.3) is 0 Å². The molecule has 0 spiro atoms. The minimum Gasteiger partial charge on any atom is -0.486 e. The fourth-order valence-electron chi connectivity index (χ4n) is 2.07. The van der Waals surface area contributed by atoms with Gasteiger partial charge in [-0.25, -0.2) is 0 Å². The van der Waals surface area contributed by atoms with Crippen LogP contribution in [0.15, 0.2) is 12.2 Å². The van der Waals surface area contributed by atoms with Crippen LogP contribution in [0.25, 0.3) is 0 Å². The maximum absolute atomic E-state index is 5.03. The predicted octanol–water partition coefficient (Wildman–Crippen LogP) is 5.83. The van der Waals surface area contributed by atoms with Gasteiger partial charge in [-0.15, -0.1) is 0 Å². The van der Waals surface area contributed by atoms with Crippen LogP contribution < -0.4 is 0 Å². The summed E-state index contributed by atoms with van der Waals surface area (Å²) in [6.07, 6.45) is 14.6. The number of rotatable bonds is 12. The highest BCUT2D eigenvalue weighted by molar-refractivity contribution is 7.80. The fraction of sp³-hybridized carbons (Fsp3) is 0.812. The Morgan fingerprint density at radius 2 is 1.33 bits per heavy atom. The van der Waals surface area contributed by atoms with Crippen LogP contribution in [0.5, 0.6) is 0 Å². The van der Waals surface area contributed by atoms with Gasteiger partial charge in [0.05, 0.1) is 7.11 Å². The van der Waals surface area contributed by atoms with Gasteiger partial charge in [0.1, 0.15) is 0 Å². The Morgan fingerprint density at radius 1 is 0.889 bits per heavy atom. The highest BCUT2D eigenvalue weighted by Crippen LogP contribution is 2.13. The zero-order valence-electron chi connectivity index (χ0n) is 12.3. The van der Waals surface area contributed by atoms with Crippen molar-refractivity contribution in [3.8, 4) is 0 Å². The van der Waals surface area contributed by atoms with Crippen molar-refractivity contribution in [3.63, 3.8) is 0 Å². The van der Waals surface area contributed by atoms with E-state index in [0.717, 1.165) is 12.0 Å². The summed E-state index contributed by atoms with van der Waals surface area (Å²) in [7, 11) is 1.62. The molecule has 0 fully saturated rings. The third-order valence-electron chi connectivity index (χ3n) is 3.31. The molecule has 0 aromatic carbocycles. The first kappa shape index (κ1) is 17.6. The van der Waals surface area contributed by atoms with E-state index in [4.69, 9.17) is 17.0 Å². The number of hydrogen-bond acceptors (Lipinski definition) is 2. The second-order valence-electron chi connectivity index (χ2n) is 5.03. The lowest BCUT2D eigenvalue weighted by molar-refractivity contribution is 0.412. The minimum absolute atomic E-state index is 0.575. The summed E-state index contributed by atoms with van der Waals surface area (Å²) >= 11 is 5.03. The molecule has 0 saturated carbocycles. The lowest BCUT2D eigenvalue weighted by atomic mass is 10.0. The molecule has 0 rings (SSSR count). The molecule has 0 aromatic heterocycles. The van der Waals surface area contributed by atoms with E-state index in [2.05, 4.69) is 13.5 Å². The summed E-state index contributed by atoms with van der Waals surface area (Å²) < 4.78 is 4.99. The zero-order valence-corrected chi connectivity index (χ0v) is 13.1. The monoisotopic (exact) mass is 270 g/mol. The Hall–Kier alpha value is -0.370. The molecule has 0 N–H and O–H groups in total. The second kappa shape index (κ2) is 13.1. The van der Waals surface area contributed by atoms with Gasteiger partial charge < -0.3 is 4.74 Å². The number of hydrogen-bond donors (Lipinski definition) is 0. The molecule has 0 aliphatic carbocycles. The van der Waals surface area contributed by atoms with Crippen LogP contribution in [0.3, 0.4) is 0 Å². The molecule has 0 heterocycles. The number of ether oxygens (including phenoxy) is 1. The summed E-state index contributed by atoms with van der Waals surface area (Å²) in [6, 6.07) is 0. The molecule has 0 amide bonds. The molecule has 18 heavy (non-hydrogen) atoms. The van der Waals surface area contributed by atoms with Gasteiger partial charge >= 0.3 is 0 Å². The standard InChI is InChI=1S/C16H30OS/c1-4-5-6-7-8-9-10-11-12-13-14-15(2)16(18)17-3/h2,4-14H2,1,3H3. The van der Waals surface area contributed by atoms with Crippen molar-refractivity contribution in [1.29, 1.82) is 0 Å². The van der Waals surface area contributed by atoms with Crippen molar-refractivity contribution in [2.75, 3.05) is 7.11 Å². The SMILES string of the molecule is C=C(CCCCCCCCCCCC)C(=S)OC. The van der Waals surface area contributed by atoms with Gasteiger partial charge in [0, 0.05) is 0 Å². The van der Waals surface area contributed by atoms with Gasteiger partial charge in [0.2, 0.25) is 0 Å². The summed E-state index contributed by atoms with van der Waals surface area (Å²) in [6.45, 7) is 6.20. The first-order chi connectivity index (χ1) is 8.72. The number of unbranched alkanes of at least 4 members (excludes halogenated alkanes) is 9. The van der Waals surface area contributed by atoms with E-state index >= 15 is 0 Å². The Labute approximate surface area is 119 Å². The third kappa shape index (κ3) is 10.8. The van der Waals surface area contributed by atoms with Crippen molar-refractivity contribution in [2.45, 2.75) is 77.6 Å². The molecule has 0 aromatic rings. The molecule has 0 aliphatic heterocycles. The van der Waals surface area contributed by atoms with Crippen LogP contribution in [-0.4, -0.2) is 12.2 Å². The molecule has 0 saturated heterocycles. The van der Waals surface area contributed by atoms with Crippen LogP contribution in [0, 0.1) is 0 Å². The van der Waals surface area contributed by atoms with Crippen molar-refractivity contribution in [1.82, 2.24) is 0 Å². The Kier molecular flexibility index (Phi) is 12.8. The molecule has 0 bridgehead atoms. The summed E-state index contributed by atoms with van der Waals surface area (Å²) in [4.78, 5) is 0. The van der Waals surface area contributed by atoms with Gasteiger partial charge in [-0.05, 0) is 30.6 Å². The zero-order chi connectivity index (χ0) is 13.6. The highest BCUT2D eigenvalue weighted by Gasteiger charge is 2.01. The summed E-state index contributed by atoms with van der Waals surface area (Å²) in [5.41, 5.74) is 0.979. The lowest BCUT2D eigenvalue weighted by Gasteiger charge is -2.06. The number of methoxy groups -OCH3 is 1. The maximum Gasteiger partial charge on any atom is 0.186 e. The van der Waals surface area contributed by atoms with E-state index in [1.165, 1.54) is 64.2 Å². The van der Waals surface area contributed by atoms with E-state index in [0.29, 0.717) is 5.05 Å². The number of thiocarbonyl (C=S) groups is 1. The average molecular weight is 270 g/mol. The van der Waals surface area contributed by atoms with Crippen molar-refractivity contribution < 1.29 is 4.74 Å². The predicted molar refractivity (Wildman–Crippen MR) is 85.2 cm³/mol. The second-order valence-corrected chi connectivity index (χ2v) is 5.40. The lowest BCUT2D eigenvalue weighted by Crippen LogP contribution is -2.00. The van der Waals surface area contributed by atoms with Crippen molar-refractivity contribution >= 4 is 17.3 Å². The quantitative estimate of drug-likeness (QED) is 0.251. The van der Waals surface area contributed by atoms with Crippen LogP contribution >= 0.6 is 12.2 Å². The average Bonchev–Trinajstić information content (AvgIpc) is 2.39. The van der Waals surface area contributed by atoms with Gasteiger partial charge in [0.15, 0.2) is 5.05 Å². The van der Waals surface area contributed by atoms with E-state index in [1.54, 1.807) is 7.11 Å². The molecule has 0 radical (unpaired) electrons. The van der Waals surface area contributed by atoms with Crippen LogP contribution in [-0.2, 0) is 4.74 Å². The molecule has 0 unspecified atom stereocenters. The van der Waals surface area contributed by atoms with Crippen LogP contribution in [0.1, 0.15) is 77.6 Å². The third-order valence-corrected chi connectivity index (χ3v) is 3.76. The first-order valence-corrected chi connectivity index (χ1v) is 7.89. The van der Waals surface area contributed by atoms with Gasteiger partial charge in [-0.1, -0.05) is 71.3 Å². The van der Waals surface area contributed by atoms with Crippen molar-refractivity contribution in [2.24, 2.45) is 0 Å². The Bertz CT molecular complexity index is 223. The fourth-order valence-corrected chi connectivity index (χ4v) is 2.17. The van der Waals surface area contributed by atoms with E-state index < -0.39 is 0 Å². The molecule has 106 valence electrons. The molecule has 1 nitrogen and oxygen atoms in total. The van der Waals surface area contributed by atoms with Gasteiger partial charge in [-0.2, -0.15) is 0 Å². The molecule has 2 heteroatoms. The normalized spacial score (nSPS) is 10.3. The van der Waals surface area contributed by atoms with Crippen LogP contribution in [0.2, 0.25) is 0 Å². The highest BCUT2D eigenvalue weighted by atomic mass is 32.1. The van der Waals surface area contributed by atoms with Gasteiger partial charge in [-0.3, -0.25) is 0 Å². The molecular weight excluding hydrogens is 240 g/mol. The van der Waals surface area contributed by atoms with E-state index in [-0.39, 0.29) is 0 Å². The molecule has 0 atom stereocenters. The van der Waals surface area contributed by atoms with Crippen LogP contribution in [0.4, 0.5) is 0 Å². The minimum atomic E-state index is 0.575. The summed E-state index contributed by atoms with van der Waals surface area (Å²) in [5.74, 6) is 0. The maximum atomic E-state index is 5.03. The smallest absolute Gasteiger partial charge is 0.186 e. The molecule has 0 aliphatic rings. The Balaban J connectivity index is 3.16. The topological polar surface area (TPSA) is 9.23 Å². The molecular formula is C16H30OS. The van der Waals surface area contributed by atoms with Crippen molar-refractivity contribution in [3.05, 3.63) is 12.2 Å². The first-order valence-electron chi connectivity index (χ1n) is 7.48. The van der Waals surface area contributed by atoms with E-state index in [1.807, 2.05) is 0 Å².